The van der Waals surface area contributed by atoms with E-state index in [1.54, 1.807) is 0 Å². The highest BCUT2D eigenvalue weighted by Gasteiger charge is 2.52. The van der Waals surface area contributed by atoms with Crippen LogP contribution in [-0.2, 0) is 0 Å². The Labute approximate surface area is 70.8 Å². The summed E-state index contributed by atoms with van der Waals surface area (Å²) in [7, 11) is 0. The van der Waals surface area contributed by atoms with Gasteiger partial charge in [-0.25, -0.2) is 8.78 Å². The summed E-state index contributed by atoms with van der Waals surface area (Å²) in [5, 5.41) is 9.77. The summed E-state index contributed by atoms with van der Waals surface area (Å²) in [5.41, 5.74) is -1.32. The Morgan fingerprint density at radius 2 is 1.33 bits per heavy atom. The lowest BCUT2D eigenvalue weighted by Gasteiger charge is -2.50. The van der Waals surface area contributed by atoms with Crippen LogP contribution in [0.5, 0.6) is 0 Å². The van der Waals surface area contributed by atoms with Crippen molar-refractivity contribution in [3.05, 3.63) is 0 Å². The van der Waals surface area contributed by atoms with Gasteiger partial charge in [0.1, 0.15) is 0 Å². The van der Waals surface area contributed by atoms with Crippen LogP contribution in [0.3, 0.4) is 0 Å². The van der Waals surface area contributed by atoms with Crippen LogP contribution in [0.15, 0.2) is 0 Å². The lowest BCUT2D eigenvalue weighted by Crippen LogP contribution is -2.48. The molecule has 70 valence electrons. The van der Waals surface area contributed by atoms with Crippen LogP contribution in [-0.4, -0.2) is 17.1 Å². The van der Waals surface area contributed by atoms with Crippen LogP contribution in [0.25, 0.3) is 0 Å². The molecule has 1 nitrogen and oxygen atoms in total. The summed E-state index contributed by atoms with van der Waals surface area (Å²) in [6.07, 6.45) is 1.09. The van der Waals surface area contributed by atoms with Crippen LogP contribution >= 0.6 is 0 Å². The Morgan fingerprint density at radius 3 is 1.67 bits per heavy atom. The molecule has 0 aromatic rings. The minimum Gasteiger partial charge on any atom is -0.390 e. The van der Waals surface area contributed by atoms with E-state index in [-0.39, 0.29) is 0 Å². The normalized spacial score (nSPS) is 47.0. The highest BCUT2D eigenvalue weighted by Crippen LogP contribution is 2.54. The fraction of sp³-hybridized carbons (Fsp3) is 1.00. The zero-order valence-corrected chi connectivity index (χ0v) is 7.02. The molecular weight excluding hydrogens is 162 g/mol. The zero-order chi connectivity index (χ0) is 8.82. The van der Waals surface area contributed by atoms with Crippen molar-refractivity contribution in [3.8, 4) is 0 Å². The van der Waals surface area contributed by atoms with Crippen molar-refractivity contribution in [2.45, 2.75) is 50.6 Å². The van der Waals surface area contributed by atoms with Crippen LogP contribution < -0.4 is 0 Å². The van der Waals surface area contributed by atoms with Crippen molar-refractivity contribution in [1.29, 1.82) is 0 Å². The molecule has 2 bridgehead atoms. The molecule has 0 amide bonds. The monoisotopic (exact) mass is 176 g/mol. The van der Waals surface area contributed by atoms with Crippen molar-refractivity contribution >= 4 is 0 Å². The quantitative estimate of drug-likeness (QED) is 0.650. The first kappa shape index (κ1) is 8.42. The molecular formula is C9H14F2O. The minimum atomic E-state index is -2.19. The summed E-state index contributed by atoms with van der Waals surface area (Å²) >= 11 is 0. The third-order valence-electron chi connectivity index (χ3n) is 3.73. The van der Waals surface area contributed by atoms with E-state index >= 15 is 0 Å². The second-order valence-electron chi connectivity index (χ2n) is 4.39. The molecule has 0 unspecified atom stereocenters. The van der Waals surface area contributed by atoms with E-state index in [9.17, 15) is 13.9 Å². The Kier molecular flexibility index (Phi) is 1.69. The zero-order valence-electron chi connectivity index (χ0n) is 7.02. The highest BCUT2D eigenvalue weighted by atomic mass is 19.3. The molecule has 3 rings (SSSR count). The van der Waals surface area contributed by atoms with Crippen molar-refractivity contribution < 1.29 is 13.9 Å². The number of hydrogen-bond acceptors (Lipinski definition) is 1. The van der Waals surface area contributed by atoms with Crippen molar-refractivity contribution in [2.24, 2.45) is 5.41 Å². The summed E-state index contributed by atoms with van der Waals surface area (Å²) in [6.45, 7) is 0. The van der Waals surface area contributed by atoms with Gasteiger partial charge in [0.2, 0.25) is 6.43 Å². The third kappa shape index (κ3) is 1.06. The Hall–Kier alpha value is -0.180. The first-order valence-corrected chi connectivity index (χ1v) is 4.57. The van der Waals surface area contributed by atoms with Crippen molar-refractivity contribution in [1.82, 2.24) is 0 Å². The first-order chi connectivity index (χ1) is 5.56. The minimum absolute atomic E-state index is 0.515. The fourth-order valence-electron chi connectivity index (χ4n) is 2.52. The predicted octanol–water partition coefficient (Wildman–Crippen LogP) is 2.34. The van der Waals surface area contributed by atoms with Gasteiger partial charge in [0, 0.05) is 5.41 Å². The van der Waals surface area contributed by atoms with Crippen LogP contribution in [0, 0.1) is 5.41 Å². The summed E-state index contributed by atoms with van der Waals surface area (Å²) in [6, 6.07) is 0. The molecule has 12 heavy (non-hydrogen) atoms. The van der Waals surface area contributed by atoms with Gasteiger partial charge < -0.3 is 5.11 Å². The van der Waals surface area contributed by atoms with Crippen LogP contribution in [0.4, 0.5) is 8.78 Å². The molecule has 0 spiro atoms. The van der Waals surface area contributed by atoms with Gasteiger partial charge in [-0.1, -0.05) is 0 Å². The Balaban J connectivity index is 2.14. The Bertz CT molecular complexity index is 166. The summed E-state index contributed by atoms with van der Waals surface area (Å²) in [4.78, 5) is 0. The van der Waals surface area contributed by atoms with Gasteiger partial charge in [-0.3, -0.25) is 0 Å². The molecule has 0 atom stereocenters. The smallest absolute Gasteiger partial charge is 0.244 e. The van der Waals surface area contributed by atoms with Gasteiger partial charge >= 0.3 is 0 Å². The molecule has 0 aromatic carbocycles. The number of halogens is 2. The van der Waals surface area contributed by atoms with E-state index in [0.29, 0.717) is 38.5 Å². The van der Waals surface area contributed by atoms with Gasteiger partial charge in [0.05, 0.1) is 5.60 Å². The number of rotatable bonds is 1. The molecule has 0 saturated heterocycles. The van der Waals surface area contributed by atoms with Crippen molar-refractivity contribution in [3.63, 3.8) is 0 Å². The van der Waals surface area contributed by atoms with E-state index in [2.05, 4.69) is 0 Å². The molecule has 0 aromatic heterocycles. The van der Waals surface area contributed by atoms with Crippen LogP contribution in [0.2, 0.25) is 0 Å². The Morgan fingerprint density at radius 1 is 0.917 bits per heavy atom. The maximum atomic E-state index is 12.6. The molecule has 3 heteroatoms. The highest BCUT2D eigenvalue weighted by molar-refractivity contribution is 5.00. The number of hydrogen-bond donors (Lipinski definition) is 1. The second kappa shape index (κ2) is 2.41. The summed E-state index contributed by atoms with van der Waals surface area (Å²) in [5.74, 6) is 0. The molecule has 3 aliphatic carbocycles. The maximum absolute atomic E-state index is 12.6. The van der Waals surface area contributed by atoms with Gasteiger partial charge in [-0.15, -0.1) is 0 Å². The van der Waals surface area contributed by atoms with E-state index in [1.165, 1.54) is 0 Å². The topological polar surface area (TPSA) is 20.2 Å². The van der Waals surface area contributed by atoms with E-state index in [0.717, 1.165) is 0 Å². The van der Waals surface area contributed by atoms with Gasteiger partial charge in [-0.05, 0) is 38.5 Å². The maximum Gasteiger partial charge on any atom is 0.244 e. The standard InChI is InChI=1S/C9H14F2O/c10-7(11)8-1-4-9(12,5-2-8)6-3-8/h7,12H,1-6H2. The van der Waals surface area contributed by atoms with Gasteiger partial charge in [0.15, 0.2) is 0 Å². The number of fused-ring (bicyclic) bond motifs is 3. The van der Waals surface area contributed by atoms with E-state index in [4.69, 9.17) is 0 Å². The number of alkyl halides is 2. The molecule has 3 aliphatic rings. The van der Waals surface area contributed by atoms with E-state index < -0.39 is 17.4 Å². The molecule has 3 fully saturated rings. The third-order valence-corrected chi connectivity index (χ3v) is 3.73. The van der Waals surface area contributed by atoms with Crippen molar-refractivity contribution in [2.75, 3.05) is 0 Å². The predicted molar refractivity (Wildman–Crippen MR) is 41.1 cm³/mol. The largest absolute Gasteiger partial charge is 0.390 e. The lowest BCUT2D eigenvalue weighted by atomic mass is 9.59. The first-order valence-electron chi connectivity index (χ1n) is 4.57. The average molecular weight is 176 g/mol. The molecule has 3 saturated carbocycles. The fourth-order valence-corrected chi connectivity index (χ4v) is 2.52. The average Bonchev–Trinajstić information content (AvgIpc) is 2.06. The van der Waals surface area contributed by atoms with Crippen LogP contribution in [0.1, 0.15) is 38.5 Å². The van der Waals surface area contributed by atoms with Gasteiger partial charge in [0.25, 0.3) is 0 Å². The summed E-state index contributed by atoms with van der Waals surface area (Å²) < 4.78 is 25.3. The number of aliphatic hydroxyl groups is 1. The molecule has 0 aliphatic heterocycles. The molecule has 0 heterocycles. The lowest BCUT2D eigenvalue weighted by molar-refractivity contribution is -0.144. The second-order valence-corrected chi connectivity index (χ2v) is 4.39. The molecule has 0 radical (unpaired) electrons. The SMILES string of the molecule is OC12CCC(C(F)F)(CC1)CC2. The molecule has 1 N–H and O–H groups in total. The van der Waals surface area contributed by atoms with Gasteiger partial charge in [-0.2, -0.15) is 0 Å². The van der Waals surface area contributed by atoms with E-state index in [1.807, 2.05) is 0 Å².